The molecule has 76 valence electrons. The van der Waals surface area contributed by atoms with Crippen molar-refractivity contribution in [2.45, 2.75) is 13.8 Å². The lowest BCUT2D eigenvalue weighted by Crippen LogP contribution is -2.11. The predicted molar refractivity (Wildman–Crippen MR) is 59.8 cm³/mol. The second-order valence-corrected chi connectivity index (χ2v) is 3.62. The molecule has 1 heterocycles. The number of aromatic nitrogens is 2. The highest BCUT2D eigenvalue weighted by atomic mass is 16.1. The van der Waals surface area contributed by atoms with Gasteiger partial charge in [-0.3, -0.25) is 0 Å². The van der Waals surface area contributed by atoms with Crippen molar-refractivity contribution in [2.24, 2.45) is 0 Å². The van der Waals surface area contributed by atoms with Crippen molar-refractivity contribution >= 4 is 0 Å². The molecular formula is C12H12N2O. The lowest BCUT2D eigenvalue weighted by Gasteiger charge is -2.05. The van der Waals surface area contributed by atoms with Gasteiger partial charge in [0.1, 0.15) is 0 Å². The first kappa shape index (κ1) is 9.65. The van der Waals surface area contributed by atoms with Crippen molar-refractivity contribution in [3.63, 3.8) is 0 Å². The second kappa shape index (κ2) is 3.69. The molecule has 0 spiro atoms. The maximum Gasteiger partial charge on any atom is 0.345 e. The molecule has 0 radical (unpaired) electrons. The smallest absolute Gasteiger partial charge is 0.305 e. The third-order valence-corrected chi connectivity index (χ3v) is 2.31. The van der Waals surface area contributed by atoms with Gasteiger partial charge in [0.2, 0.25) is 0 Å². The minimum atomic E-state index is -0.308. The van der Waals surface area contributed by atoms with E-state index in [2.05, 4.69) is 9.97 Å². The molecule has 0 bridgehead atoms. The first-order valence-corrected chi connectivity index (χ1v) is 4.80. The maximum absolute atomic E-state index is 11.1. The fourth-order valence-corrected chi connectivity index (χ4v) is 1.56. The van der Waals surface area contributed by atoms with Gasteiger partial charge in [0.15, 0.2) is 0 Å². The van der Waals surface area contributed by atoms with Gasteiger partial charge >= 0.3 is 5.69 Å². The molecule has 0 amide bonds. The molecule has 1 aromatic carbocycles. The molecule has 0 saturated carbocycles. The van der Waals surface area contributed by atoms with E-state index in [0.717, 1.165) is 16.8 Å². The summed E-state index contributed by atoms with van der Waals surface area (Å²) in [5.41, 5.74) is 3.70. The van der Waals surface area contributed by atoms with E-state index >= 15 is 0 Å². The molecule has 2 rings (SSSR count). The van der Waals surface area contributed by atoms with Crippen LogP contribution in [0.1, 0.15) is 11.1 Å². The van der Waals surface area contributed by atoms with Crippen molar-refractivity contribution < 1.29 is 0 Å². The number of aromatic amines is 1. The van der Waals surface area contributed by atoms with Crippen molar-refractivity contribution in [3.8, 4) is 11.3 Å². The number of H-pyrrole nitrogens is 1. The summed E-state index contributed by atoms with van der Waals surface area (Å²) in [6.45, 7) is 3.96. The van der Waals surface area contributed by atoms with Gasteiger partial charge in [0.25, 0.3) is 0 Å². The molecule has 0 aliphatic heterocycles. The monoisotopic (exact) mass is 200 g/mol. The van der Waals surface area contributed by atoms with Crippen LogP contribution in [0.25, 0.3) is 11.3 Å². The molecule has 3 nitrogen and oxygen atoms in total. The fourth-order valence-electron chi connectivity index (χ4n) is 1.56. The van der Waals surface area contributed by atoms with Gasteiger partial charge in [-0.15, -0.1) is 0 Å². The van der Waals surface area contributed by atoms with Crippen LogP contribution in [0, 0.1) is 13.8 Å². The molecule has 3 heteroatoms. The number of hydrogen-bond acceptors (Lipinski definition) is 2. The molecule has 0 unspecified atom stereocenters. The van der Waals surface area contributed by atoms with E-state index in [1.54, 1.807) is 6.20 Å². The Bertz CT molecular complexity index is 543. The normalized spacial score (nSPS) is 10.3. The van der Waals surface area contributed by atoms with Crippen LogP contribution in [0.4, 0.5) is 0 Å². The van der Waals surface area contributed by atoms with Gasteiger partial charge in [0.05, 0.1) is 5.69 Å². The average molecular weight is 200 g/mol. The van der Waals surface area contributed by atoms with Gasteiger partial charge in [-0.05, 0) is 31.0 Å². The molecule has 1 aromatic heterocycles. The zero-order chi connectivity index (χ0) is 10.8. The highest BCUT2D eigenvalue weighted by Gasteiger charge is 2.02. The van der Waals surface area contributed by atoms with Crippen LogP contribution in [0.3, 0.4) is 0 Å². The molecule has 1 N–H and O–H groups in total. The van der Waals surface area contributed by atoms with E-state index in [-0.39, 0.29) is 5.69 Å². The fraction of sp³-hybridized carbons (Fsp3) is 0.167. The van der Waals surface area contributed by atoms with Crippen LogP contribution < -0.4 is 5.69 Å². The number of nitrogens with one attached hydrogen (secondary N) is 1. The van der Waals surface area contributed by atoms with Crippen LogP contribution in [0.5, 0.6) is 0 Å². The molecule has 2 aromatic rings. The number of hydrogen-bond donors (Lipinski definition) is 1. The number of aryl methyl sites for hydroxylation is 2. The Morgan fingerprint density at radius 2 is 2.07 bits per heavy atom. The molecule has 0 saturated heterocycles. The lowest BCUT2D eigenvalue weighted by atomic mass is 10.1. The van der Waals surface area contributed by atoms with Crippen LogP contribution >= 0.6 is 0 Å². The summed E-state index contributed by atoms with van der Waals surface area (Å²) in [5.74, 6) is 0. The standard InChI is InChI=1S/C12H12N2O/c1-8-4-3-5-10(6-8)11-9(2)7-13-12(15)14-11/h3-7H,1-2H3,(H,13,14,15). The minimum absolute atomic E-state index is 0.308. The Morgan fingerprint density at radius 3 is 2.80 bits per heavy atom. The van der Waals surface area contributed by atoms with Crippen molar-refractivity contribution in [2.75, 3.05) is 0 Å². The van der Waals surface area contributed by atoms with E-state index in [1.165, 1.54) is 5.56 Å². The summed E-state index contributed by atoms with van der Waals surface area (Å²) >= 11 is 0. The molecule has 0 fully saturated rings. The molecule has 0 aliphatic rings. The van der Waals surface area contributed by atoms with Gasteiger partial charge in [-0.25, -0.2) is 9.78 Å². The van der Waals surface area contributed by atoms with Gasteiger partial charge in [0, 0.05) is 6.20 Å². The number of benzene rings is 1. The minimum Gasteiger partial charge on any atom is -0.305 e. The van der Waals surface area contributed by atoms with Crippen LogP contribution in [-0.2, 0) is 0 Å². The van der Waals surface area contributed by atoms with Crippen LogP contribution in [0.15, 0.2) is 35.3 Å². The number of nitrogens with zero attached hydrogens (tertiary/aromatic N) is 1. The third kappa shape index (κ3) is 1.96. The summed E-state index contributed by atoms with van der Waals surface area (Å²) in [4.78, 5) is 17.6. The topological polar surface area (TPSA) is 45.8 Å². The van der Waals surface area contributed by atoms with Crippen molar-refractivity contribution in [1.82, 2.24) is 9.97 Å². The Morgan fingerprint density at radius 1 is 1.27 bits per heavy atom. The van der Waals surface area contributed by atoms with E-state index in [0.29, 0.717) is 0 Å². The number of rotatable bonds is 1. The summed E-state index contributed by atoms with van der Waals surface area (Å²) in [6, 6.07) is 8.02. The molecular weight excluding hydrogens is 188 g/mol. The molecule has 15 heavy (non-hydrogen) atoms. The quantitative estimate of drug-likeness (QED) is 0.765. The highest BCUT2D eigenvalue weighted by molar-refractivity contribution is 5.62. The van der Waals surface area contributed by atoms with Crippen LogP contribution in [-0.4, -0.2) is 9.97 Å². The van der Waals surface area contributed by atoms with Crippen molar-refractivity contribution in [1.29, 1.82) is 0 Å². The van der Waals surface area contributed by atoms with Gasteiger partial charge in [-0.1, -0.05) is 23.8 Å². The Labute approximate surface area is 87.8 Å². The summed E-state index contributed by atoms with van der Waals surface area (Å²) in [7, 11) is 0. The summed E-state index contributed by atoms with van der Waals surface area (Å²) in [6.07, 6.45) is 1.59. The Kier molecular flexibility index (Phi) is 2.37. The zero-order valence-electron chi connectivity index (χ0n) is 8.74. The first-order valence-electron chi connectivity index (χ1n) is 4.80. The summed E-state index contributed by atoms with van der Waals surface area (Å²) in [5, 5.41) is 0. The maximum atomic E-state index is 11.1. The van der Waals surface area contributed by atoms with Crippen molar-refractivity contribution in [3.05, 3.63) is 52.1 Å². The SMILES string of the molecule is Cc1cccc(-c2[nH]c(=O)ncc2C)c1. The second-order valence-electron chi connectivity index (χ2n) is 3.62. The first-order chi connectivity index (χ1) is 7.16. The van der Waals surface area contributed by atoms with Gasteiger partial charge < -0.3 is 4.98 Å². The van der Waals surface area contributed by atoms with Gasteiger partial charge in [-0.2, -0.15) is 0 Å². The molecule has 0 aliphatic carbocycles. The largest absolute Gasteiger partial charge is 0.345 e. The van der Waals surface area contributed by atoms with E-state index in [9.17, 15) is 4.79 Å². The third-order valence-electron chi connectivity index (χ3n) is 2.31. The van der Waals surface area contributed by atoms with E-state index in [1.807, 2.05) is 38.1 Å². The molecule has 0 atom stereocenters. The van der Waals surface area contributed by atoms with E-state index < -0.39 is 0 Å². The van der Waals surface area contributed by atoms with Crippen LogP contribution in [0.2, 0.25) is 0 Å². The van der Waals surface area contributed by atoms with E-state index in [4.69, 9.17) is 0 Å². The summed E-state index contributed by atoms with van der Waals surface area (Å²) < 4.78 is 0. The average Bonchev–Trinajstić information content (AvgIpc) is 2.22. The Hall–Kier alpha value is -1.90. The highest BCUT2D eigenvalue weighted by Crippen LogP contribution is 2.19. The lowest BCUT2D eigenvalue weighted by molar-refractivity contribution is 1.05. The Balaban J connectivity index is 2.63. The zero-order valence-corrected chi connectivity index (χ0v) is 8.74. The predicted octanol–water partition coefficient (Wildman–Crippen LogP) is 2.05.